The van der Waals surface area contributed by atoms with Gasteiger partial charge in [-0.25, -0.2) is 9.37 Å². The predicted molar refractivity (Wildman–Crippen MR) is 110 cm³/mol. The highest BCUT2D eigenvalue weighted by atomic mass is 19.1. The number of anilines is 1. The highest BCUT2D eigenvalue weighted by Crippen LogP contribution is 2.47. The molecule has 1 saturated heterocycles. The predicted octanol–water partition coefficient (Wildman–Crippen LogP) is 1.96. The van der Waals surface area contributed by atoms with E-state index in [9.17, 15) is 14.0 Å². The van der Waals surface area contributed by atoms with E-state index in [2.05, 4.69) is 20.5 Å². The third-order valence-electron chi connectivity index (χ3n) is 6.81. The van der Waals surface area contributed by atoms with E-state index in [4.69, 9.17) is 0 Å². The molecular formula is C22H26FN5O2. The maximum absolute atomic E-state index is 13.3. The second-order valence-corrected chi connectivity index (χ2v) is 8.79. The molecule has 3 aliphatic rings. The lowest BCUT2D eigenvalue weighted by Crippen LogP contribution is -2.56. The van der Waals surface area contributed by atoms with E-state index < -0.39 is 11.7 Å². The number of likely N-dealkylation sites (tertiary alicyclic amines) is 1. The first-order chi connectivity index (χ1) is 14.4. The molecule has 2 aliphatic heterocycles. The van der Waals surface area contributed by atoms with Crippen LogP contribution in [0, 0.1) is 5.92 Å². The Morgan fingerprint density at radius 1 is 1.27 bits per heavy atom. The zero-order chi connectivity index (χ0) is 21.0. The summed E-state index contributed by atoms with van der Waals surface area (Å²) >= 11 is 0. The van der Waals surface area contributed by atoms with Crippen molar-refractivity contribution in [2.75, 3.05) is 38.6 Å². The SMILES string of the molecule is CN(C)C(=O)CN1c2cccnc2-n2cccc2C12CCN(C(=O)C1CC(F)C1)C2. The van der Waals surface area contributed by atoms with Crippen molar-refractivity contribution >= 4 is 17.5 Å². The Hall–Kier alpha value is -2.90. The Balaban J connectivity index is 1.55. The summed E-state index contributed by atoms with van der Waals surface area (Å²) in [6, 6.07) is 7.90. The number of halogens is 1. The highest BCUT2D eigenvalue weighted by molar-refractivity contribution is 5.84. The molecule has 1 atom stereocenters. The lowest BCUT2D eigenvalue weighted by molar-refractivity contribution is -0.139. The van der Waals surface area contributed by atoms with Crippen LogP contribution in [0.1, 0.15) is 25.0 Å². The third kappa shape index (κ3) is 2.73. The largest absolute Gasteiger partial charge is 0.347 e. The maximum Gasteiger partial charge on any atom is 0.241 e. The van der Waals surface area contributed by atoms with Gasteiger partial charge in [0.1, 0.15) is 11.7 Å². The summed E-state index contributed by atoms with van der Waals surface area (Å²) in [7, 11) is 3.50. The fourth-order valence-electron chi connectivity index (χ4n) is 5.03. The number of aromatic nitrogens is 2. The van der Waals surface area contributed by atoms with Crippen LogP contribution in [0.5, 0.6) is 0 Å². The van der Waals surface area contributed by atoms with Crippen molar-refractivity contribution in [1.82, 2.24) is 19.4 Å². The first kappa shape index (κ1) is 19.1. The summed E-state index contributed by atoms with van der Waals surface area (Å²) in [4.78, 5) is 35.9. The van der Waals surface area contributed by atoms with Crippen molar-refractivity contribution in [3.8, 4) is 5.82 Å². The van der Waals surface area contributed by atoms with E-state index in [-0.39, 0.29) is 24.3 Å². The third-order valence-corrected chi connectivity index (χ3v) is 6.81. The molecule has 0 bridgehead atoms. The molecule has 5 rings (SSSR count). The van der Waals surface area contributed by atoms with Crippen LogP contribution in [-0.4, -0.2) is 71.1 Å². The number of hydrogen-bond acceptors (Lipinski definition) is 4. The Morgan fingerprint density at radius 3 is 2.80 bits per heavy atom. The van der Waals surface area contributed by atoms with Crippen LogP contribution in [0.15, 0.2) is 36.7 Å². The molecule has 158 valence electrons. The van der Waals surface area contributed by atoms with Crippen LogP contribution in [0.4, 0.5) is 10.1 Å². The van der Waals surface area contributed by atoms with Crippen molar-refractivity contribution in [1.29, 1.82) is 0 Å². The average Bonchev–Trinajstić information content (AvgIpc) is 3.37. The van der Waals surface area contributed by atoms with Crippen LogP contribution >= 0.6 is 0 Å². The monoisotopic (exact) mass is 411 g/mol. The average molecular weight is 411 g/mol. The lowest BCUT2D eigenvalue weighted by atomic mass is 9.82. The molecule has 1 spiro atoms. The van der Waals surface area contributed by atoms with Gasteiger partial charge in [-0.15, -0.1) is 0 Å². The second kappa shape index (κ2) is 6.82. The van der Waals surface area contributed by atoms with Gasteiger partial charge in [-0.3, -0.25) is 9.59 Å². The van der Waals surface area contributed by atoms with Crippen LogP contribution in [0.3, 0.4) is 0 Å². The maximum atomic E-state index is 13.3. The number of nitrogens with zero attached hydrogens (tertiary/aromatic N) is 5. The van der Waals surface area contributed by atoms with Gasteiger partial charge < -0.3 is 19.3 Å². The number of amides is 2. The number of pyridine rings is 1. The van der Waals surface area contributed by atoms with Crippen molar-refractivity contribution in [2.24, 2.45) is 5.92 Å². The molecule has 4 heterocycles. The zero-order valence-electron chi connectivity index (χ0n) is 17.3. The van der Waals surface area contributed by atoms with Crippen molar-refractivity contribution < 1.29 is 14.0 Å². The van der Waals surface area contributed by atoms with Crippen molar-refractivity contribution in [3.63, 3.8) is 0 Å². The van der Waals surface area contributed by atoms with Gasteiger partial charge in [-0.2, -0.15) is 0 Å². The molecule has 1 aliphatic carbocycles. The standard InChI is InChI=1S/C22H26FN5O2/c1-25(2)19(29)13-28-17-5-3-8-24-20(17)27-9-4-6-18(27)22(28)7-10-26(14-22)21(30)15-11-16(23)12-15/h3-6,8-9,15-16H,7,10-14H2,1-2H3. The summed E-state index contributed by atoms with van der Waals surface area (Å²) in [6.45, 7) is 1.28. The number of carbonyl (C=O) groups excluding carboxylic acids is 2. The van der Waals surface area contributed by atoms with E-state index in [0.717, 1.165) is 17.2 Å². The lowest BCUT2D eigenvalue weighted by Gasteiger charge is -2.47. The smallest absolute Gasteiger partial charge is 0.241 e. The minimum Gasteiger partial charge on any atom is -0.347 e. The van der Waals surface area contributed by atoms with Gasteiger partial charge in [0.15, 0.2) is 5.82 Å². The number of hydrogen-bond donors (Lipinski definition) is 0. The highest BCUT2D eigenvalue weighted by Gasteiger charge is 2.52. The summed E-state index contributed by atoms with van der Waals surface area (Å²) < 4.78 is 15.4. The van der Waals surface area contributed by atoms with Gasteiger partial charge in [-0.1, -0.05) is 0 Å². The minimum absolute atomic E-state index is 0.00627. The Morgan fingerprint density at radius 2 is 2.07 bits per heavy atom. The zero-order valence-corrected chi connectivity index (χ0v) is 17.3. The molecule has 7 nitrogen and oxygen atoms in total. The molecule has 1 saturated carbocycles. The van der Waals surface area contributed by atoms with Gasteiger partial charge in [0.05, 0.1) is 17.9 Å². The van der Waals surface area contributed by atoms with Gasteiger partial charge in [0.25, 0.3) is 0 Å². The van der Waals surface area contributed by atoms with Gasteiger partial charge in [0.2, 0.25) is 11.8 Å². The molecule has 8 heteroatoms. The van der Waals surface area contributed by atoms with Crippen LogP contribution in [0.2, 0.25) is 0 Å². The van der Waals surface area contributed by atoms with E-state index in [1.165, 1.54) is 0 Å². The summed E-state index contributed by atoms with van der Waals surface area (Å²) in [5, 5.41) is 0. The molecule has 1 unspecified atom stereocenters. The Bertz CT molecular complexity index is 999. The van der Waals surface area contributed by atoms with E-state index in [1.54, 1.807) is 25.2 Å². The fraction of sp³-hybridized carbons (Fsp3) is 0.500. The van der Waals surface area contributed by atoms with Gasteiger partial charge in [-0.05, 0) is 43.5 Å². The summed E-state index contributed by atoms with van der Waals surface area (Å²) in [6.07, 6.45) is 4.25. The Labute approximate surface area is 175 Å². The molecule has 0 N–H and O–H groups in total. The number of alkyl halides is 1. The molecule has 2 fully saturated rings. The molecule has 2 aromatic rings. The number of rotatable bonds is 3. The normalized spacial score (nSPS) is 26.9. The van der Waals surface area contributed by atoms with Crippen molar-refractivity contribution in [3.05, 3.63) is 42.4 Å². The van der Waals surface area contributed by atoms with Crippen LogP contribution < -0.4 is 4.90 Å². The van der Waals surface area contributed by atoms with E-state index in [1.807, 2.05) is 29.3 Å². The first-order valence-corrected chi connectivity index (χ1v) is 10.4. The van der Waals surface area contributed by atoms with Crippen molar-refractivity contribution in [2.45, 2.75) is 31.0 Å². The van der Waals surface area contributed by atoms with Crippen LogP contribution in [-0.2, 0) is 15.1 Å². The van der Waals surface area contributed by atoms with Gasteiger partial charge in [0, 0.05) is 45.5 Å². The van der Waals surface area contributed by atoms with E-state index in [0.29, 0.717) is 32.4 Å². The minimum atomic E-state index is -0.852. The quantitative estimate of drug-likeness (QED) is 0.775. The molecule has 30 heavy (non-hydrogen) atoms. The molecular weight excluding hydrogens is 385 g/mol. The van der Waals surface area contributed by atoms with E-state index >= 15 is 0 Å². The molecule has 2 amide bonds. The molecule has 0 radical (unpaired) electrons. The Kier molecular flexibility index (Phi) is 4.34. The number of likely N-dealkylation sites (N-methyl/N-ethyl adjacent to an activating group) is 1. The fourth-order valence-corrected chi connectivity index (χ4v) is 5.03. The van der Waals surface area contributed by atoms with Gasteiger partial charge >= 0.3 is 0 Å². The first-order valence-electron chi connectivity index (χ1n) is 10.4. The summed E-state index contributed by atoms with van der Waals surface area (Å²) in [5.41, 5.74) is 1.41. The molecule has 0 aromatic carbocycles. The topological polar surface area (TPSA) is 61.7 Å². The van der Waals surface area contributed by atoms with Crippen LogP contribution in [0.25, 0.3) is 5.82 Å². The summed E-state index contributed by atoms with van der Waals surface area (Å²) in [5.74, 6) is 0.609. The number of fused-ring (bicyclic) bond motifs is 4. The molecule has 2 aromatic heterocycles. The number of carbonyl (C=O) groups is 2. The second-order valence-electron chi connectivity index (χ2n) is 8.79.